The number of anilines is 1. The molecule has 1 aromatic carbocycles. The molecule has 0 aromatic heterocycles. The van der Waals surface area contributed by atoms with Crippen LogP contribution in [0.3, 0.4) is 0 Å². The molecular weight excluding hydrogens is 508 g/mol. The van der Waals surface area contributed by atoms with Gasteiger partial charge < -0.3 is 19.7 Å². The number of carbonyl (C=O) groups is 2. The van der Waals surface area contributed by atoms with Gasteiger partial charge in [0.1, 0.15) is 11.2 Å². The van der Waals surface area contributed by atoms with E-state index >= 15 is 0 Å². The summed E-state index contributed by atoms with van der Waals surface area (Å²) in [6.45, 7) is 13.4. The molecule has 9 nitrogen and oxygen atoms in total. The lowest BCUT2D eigenvalue weighted by molar-refractivity contribution is -0.155. The van der Waals surface area contributed by atoms with Crippen LogP contribution in [0.25, 0.3) is 0 Å². The number of hydrogen-bond acceptors (Lipinski definition) is 8. The Hall–Kier alpha value is -2.04. The van der Waals surface area contributed by atoms with Crippen LogP contribution in [-0.2, 0) is 35.0 Å². The molecule has 11 heteroatoms. The van der Waals surface area contributed by atoms with Crippen molar-refractivity contribution in [3.8, 4) is 0 Å². The quantitative estimate of drug-likeness (QED) is 0.235. The zero-order chi connectivity index (χ0) is 27.7. The fraction of sp³-hybridized carbons (Fsp3) is 0.680. The Balaban J connectivity index is 3.15. The first-order valence-corrected chi connectivity index (χ1v) is 14.2. The van der Waals surface area contributed by atoms with Gasteiger partial charge in [-0.3, -0.25) is 8.98 Å². The largest absolute Gasteiger partial charge is 0.460 e. The van der Waals surface area contributed by atoms with Gasteiger partial charge in [-0.25, -0.2) is 4.79 Å². The smallest absolute Gasteiger partial charge is 0.407 e. The third kappa shape index (κ3) is 13.9. The number of nitrogens with zero attached hydrogens (tertiary/aromatic N) is 1. The summed E-state index contributed by atoms with van der Waals surface area (Å²) in [6, 6.07) is 5.22. The van der Waals surface area contributed by atoms with Crippen LogP contribution in [-0.4, -0.2) is 69.6 Å². The molecule has 0 fully saturated rings. The molecule has 0 heterocycles. The van der Waals surface area contributed by atoms with Crippen LogP contribution in [0, 0.1) is 6.92 Å². The third-order valence-corrected chi connectivity index (χ3v) is 5.50. The molecule has 206 valence electrons. The maximum atomic E-state index is 12.6. The van der Waals surface area contributed by atoms with Crippen LogP contribution in [0.2, 0.25) is 0 Å². The summed E-state index contributed by atoms with van der Waals surface area (Å²) in [4.78, 5) is 27.0. The average Bonchev–Trinajstić information content (AvgIpc) is 2.65. The first kappa shape index (κ1) is 32.0. The Labute approximate surface area is 220 Å². The molecule has 0 aliphatic rings. The molecule has 1 amide bonds. The van der Waals surface area contributed by atoms with Gasteiger partial charge in [0, 0.05) is 30.7 Å². The summed E-state index contributed by atoms with van der Waals surface area (Å²) in [5.74, 6) is -0.0946. The van der Waals surface area contributed by atoms with E-state index in [1.807, 2.05) is 30.0 Å². The molecule has 1 N–H and O–H groups in total. The zero-order valence-electron chi connectivity index (χ0n) is 22.6. The maximum absolute atomic E-state index is 12.6. The minimum absolute atomic E-state index is 0.0135. The van der Waals surface area contributed by atoms with Crippen molar-refractivity contribution < 1.29 is 31.7 Å². The van der Waals surface area contributed by atoms with Gasteiger partial charge in [-0.1, -0.05) is 6.07 Å². The number of amides is 1. The Morgan fingerprint density at radius 2 is 1.67 bits per heavy atom. The van der Waals surface area contributed by atoms with Crippen molar-refractivity contribution in [2.24, 2.45) is 0 Å². The highest BCUT2D eigenvalue weighted by atomic mass is 35.5. The fourth-order valence-electron chi connectivity index (χ4n) is 3.34. The normalized spacial score (nSPS) is 13.1. The summed E-state index contributed by atoms with van der Waals surface area (Å²) in [7, 11) is -3.55. The van der Waals surface area contributed by atoms with Crippen molar-refractivity contribution in [2.75, 3.05) is 36.7 Å². The number of benzene rings is 1. The molecule has 0 spiro atoms. The Bertz CT molecular complexity index is 955. The zero-order valence-corrected chi connectivity index (χ0v) is 24.2. The Morgan fingerprint density at radius 1 is 1.06 bits per heavy atom. The van der Waals surface area contributed by atoms with Gasteiger partial charge in [-0.15, -0.1) is 11.6 Å². The van der Waals surface area contributed by atoms with Crippen molar-refractivity contribution in [3.63, 3.8) is 0 Å². The number of halogens is 1. The molecule has 0 aliphatic carbocycles. The van der Waals surface area contributed by atoms with E-state index in [0.717, 1.165) is 23.1 Å². The Kier molecular flexibility index (Phi) is 12.0. The van der Waals surface area contributed by atoms with Crippen molar-refractivity contribution in [3.05, 3.63) is 29.3 Å². The van der Waals surface area contributed by atoms with E-state index in [2.05, 4.69) is 5.32 Å². The van der Waals surface area contributed by atoms with Gasteiger partial charge in [-0.05, 0) is 78.1 Å². The molecule has 0 bridgehead atoms. The number of carbonyl (C=O) groups excluding carboxylic acids is 2. The summed E-state index contributed by atoms with van der Waals surface area (Å²) in [6.07, 6.45) is 0.706. The molecule has 1 aromatic rings. The number of aryl methyl sites for hydroxylation is 1. The number of ether oxygens (including phenoxy) is 2. The lowest BCUT2D eigenvalue weighted by atomic mass is 9.98. The van der Waals surface area contributed by atoms with Crippen molar-refractivity contribution >= 4 is 39.5 Å². The summed E-state index contributed by atoms with van der Waals surface area (Å²) < 4.78 is 38.4. The minimum atomic E-state index is -3.55. The van der Waals surface area contributed by atoms with Crippen LogP contribution in [0.5, 0.6) is 0 Å². The number of alkyl halides is 1. The van der Waals surface area contributed by atoms with Crippen molar-refractivity contribution in [2.45, 2.75) is 78.6 Å². The second kappa shape index (κ2) is 13.5. The number of nitrogens with one attached hydrogen (secondary N) is 1. The molecule has 0 saturated carbocycles. The molecule has 36 heavy (non-hydrogen) atoms. The molecule has 0 aliphatic heterocycles. The fourth-order valence-corrected chi connectivity index (χ4v) is 3.92. The molecule has 1 atom stereocenters. The van der Waals surface area contributed by atoms with Crippen LogP contribution in [0.15, 0.2) is 18.2 Å². The number of esters is 1. The summed E-state index contributed by atoms with van der Waals surface area (Å²) in [5.41, 5.74) is 1.35. The van der Waals surface area contributed by atoms with Gasteiger partial charge in [0.05, 0.1) is 19.3 Å². The molecule has 1 rings (SSSR count). The standard InChI is InChI=1S/C25H41ClN2O7S/c1-18-9-10-21(28(12-11-26)13-14-33-36(8,31)32)16-19(18)15-20(17-22(29)34-24(2,3)4)27-23(30)35-25(5,6)7/h9-10,16,20H,11-15,17H2,1-8H3,(H,27,30)/t20-/m0/s1. The molecular formula is C25H41ClN2O7S. The van der Waals surface area contributed by atoms with Crippen LogP contribution in [0.1, 0.15) is 59.1 Å². The van der Waals surface area contributed by atoms with E-state index in [1.54, 1.807) is 41.5 Å². The molecule has 0 radical (unpaired) electrons. The third-order valence-electron chi connectivity index (χ3n) is 4.73. The predicted molar refractivity (Wildman–Crippen MR) is 142 cm³/mol. The maximum Gasteiger partial charge on any atom is 0.407 e. The van der Waals surface area contributed by atoms with Crippen LogP contribution >= 0.6 is 11.6 Å². The van der Waals surface area contributed by atoms with E-state index in [4.69, 9.17) is 25.3 Å². The van der Waals surface area contributed by atoms with Gasteiger partial charge in [0.15, 0.2) is 0 Å². The first-order valence-electron chi connectivity index (χ1n) is 11.8. The van der Waals surface area contributed by atoms with E-state index in [0.29, 0.717) is 25.4 Å². The lowest BCUT2D eigenvalue weighted by Gasteiger charge is -2.27. The van der Waals surface area contributed by atoms with Crippen LogP contribution in [0.4, 0.5) is 10.5 Å². The number of hydrogen-bond donors (Lipinski definition) is 1. The second-order valence-corrected chi connectivity index (χ2v) is 12.7. The van der Waals surface area contributed by atoms with Crippen LogP contribution < -0.4 is 10.2 Å². The highest BCUT2D eigenvalue weighted by Gasteiger charge is 2.25. The van der Waals surface area contributed by atoms with E-state index in [9.17, 15) is 18.0 Å². The van der Waals surface area contributed by atoms with E-state index < -0.39 is 39.4 Å². The second-order valence-electron chi connectivity index (χ2n) is 10.7. The van der Waals surface area contributed by atoms with E-state index in [-0.39, 0.29) is 13.0 Å². The van der Waals surface area contributed by atoms with Gasteiger partial charge in [0.25, 0.3) is 10.1 Å². The van der Waals surface area contributed by atoms with Crippen molar-refractivity contribution in [1.82, 2.24) is 5.32 Å². The number of alkyl carbamates (subject to hydrolysis) is 1. The number of rotatable bonds is 12. The van der Waals surface area contributed by atoms with Gasteiger partial charge in [-0.2, -0.15) is 8.42 Å². The first-order chi connectivity index (χ1) is 16.4. The SMILES string of the molecule is Cc1ccc(N(CCCl)CCOS(C)(=O)=O)cc1C[C@@H](CC(=O)OC(C)(C)C)NC(=O)OC(C)(C)C. The highest BCUT2D eigenvalue weighted by Crippen LogP contribution is 2.22. The topological polar surface area (TPSA) is 111 Å². The lowest BCUT2D eigenvalue weighted by Crippen LogP contribution is -2.42. The monoisotopic (exact) mass is 548 g/mol. The summed E-state index contributed by atoms with van der Waals surface area (Å²) >= 11 is 5.98. The molecule has 0 unspecified atom stereocenters. The van der Waals surface area contributed by atoms with Gasteiger partial charge in [0.2, 0.25) is 0 Å². The van der Waals surface area contributed by atoms with Crippen molar-refractivity contribution in [1.29, 1.82) is 0 Å². The van der Waals surface area contributed by atoms with Gasteiger partial charge >= 0.3 is 12.1 Å². The van der Waals surface area contributed by atoms with E-state index in [1.165, 1.54) is 0 Å². The molecule has 0 saturated heterocycles. The Morgan fingerprint density at radius 3 is 2.19 bits per heavy atom. The minimum Gasteiger partial charge on any atom is -0.460 e. The average molecular weight is 549 g/mol. The highest BCUT2D eigenvalue weighted by molar-refractivity contribution is 7.85. The summed E-state index contributed by atoms with van der Waals surface area (Å²) in [5, 5.41) is 2.81. The predicted octanol–water partition coefficient (Wildman–Crippen LogP) is 4.18.